The monoisotopic (exact) mass is 938 g/mol. The number of fused-ring (bicyclic) bond motifs is 4. The summed E-state index contributed by atoms with van der Waals surface area (Å²) in [4.78, 5) is 54.0. The van der Waals surface area contributed by atoms with E-state index in [0.29, 0.717) is 0 Å². The molecule has 0 bridgehead atoms. The number of nitrogens with two attached hydrogens (primary N) is 2. The molecule has 0 aliphatic heterocycles. The van der Waals surface area contributed by atoms with Crippen LogP contribution in [0.15, 0.2) is 121 Å². The van der Waals surface area contributed by atoms with E-state index in [9.17, 15) is 39.6 Å². The first kappa shape index (κ1) is 53.4. The van der Waals surface area contributed by atoms with Crippen molar-refractivity contribution >= 4 is 78.9 Å². The molecule has 21 heteroatoms. The molecule has 0 amide bonds. The predicted octanol–water partition coefficient (Wildman–Crippen LogP) is -3.49. The molecule has 0 aliphatic rings. The number of nitrogens with one attached hydrogen (secondary N) is 2. The van der Waals surface area contributed by atoms with Gasteiger partial charge in [0.1, 0.15) is 11.5 Å². The summed E-state index contributed by atoms with van der Waals surface area (Å²) >= 11 is 0. The molecule has 0 atom stereocenters. The molecule has 8 aromatic rings. The summed E-state index contributed by atoms with van der Waals surface area (Å²) in [7, 11) is 0. The van der Waals surface area contributed by atoms with Gasteiger partial charge in [0.05, 0.1) is 79.6 Å². The molecular weight excluding hydrogens is 901 g/mol. The molecule has 312 valence electrons. The number of carboxylic acids is 4. The van der Waals surface area contributed by atoms with E-state index in [-0.39, 0.29) is 49.2 Å². The number of para-hydroxylation sites is 4. The zero-order valence-corrected chi connectivity index (χ0v) is 35.5. The third-order valence-corrected chi connectivity index (χ3v) is 7.86. The van der Waals surface area contributed by atoms with Gasteiger partial charge in [-0.25, -0.2) is 19.9 Å². The Hall–Kier alpha value is -7.64. The molecule has 0 saturated carbocycles. The normalized spacial score (nSPS) is 9.44. The molecule has 4 aromatic heterocycles. The van der Waals surface area contributed by atoms with Gasteiger partial charge in [0, 0.05) is 48.5 Å². The van der Waals surface area contributed by atoms with Crippen LogP contribution < -0.4 is 41.9 Å². The molecule has 16 N–H and O–H groups in total. The van der Waals surface area contributed by atoms with E-state index < -0.39 is 58.2 Å². The number of carbonyl (C=O) groups is 4. The topological polar surface area (TPSA) is 433 Å². The Morgan fingerprint density at radius 2 is 0.623 bits per heavy atom. The van der Waals surface area contributed by atoms with Crippen molar-refractivity contribution in [1.29, 1.82) is 0 Å². The second kappa shape index (κ2) is 23.7. The maximum atomic E-state index is 10.2. The summed E-state index contributed by atoms with van der Waals surface area (Å²) in [6.07, 6.45) is 0. The zero-order chi connectivity index (χ0) is 40.5. The smallest absolute Gasteiger partial charge is 0.543 e. The van der Waals surface area contributed by atoms with Gasteiger partial charge in [-0.1, -0.05) is 48.5 Å². The minimum absolute atomic E-state index is 0. The van der Waals surface area contributed by atoms with Crippen LogP contribution in [0.2, 0.25) is 0 Å². The van der Waals surface area contributed by atoms with Crippen LogP contribution >= 0.6 is 0 Å². The Morgan fingerprint density at radius 1 is 0.426 bits per heavy atom. The Labute approximate surface area is 363 Å². The third-order valence-electron chi connectivity index (χ3n) is 7.86. The van der Waals surface area contributed by atoms with E-state index >= 15 is 0 Å². The van der Waals surface area contributed by atoms with Gasteiger partial charge in [0.15, 0.2) is 0 Å². The fourth-order valence-corrected chi connectivity index (χ4v) is 5.34. The summed E-state index contributed by atoms with van der Waals surface area (Å²) in [5.41, 5.74) is 15.7. The van der Waals surface area contributed by atoms with Gasteiger partial charge in [-0.15, -0.1) is 0 Å². The van der Waals surface area contributed by atoms with Gasteiger partial charge in [-0.3, -0.25) is 0 Å². The van der Waals surface area contributed by atoms with Crippen molar-refractivity contribution in [3.63, 3.8) is 0 Å². The number of carbonyl (C=O) groups excluding carboxylic acids is 4. The van der Waals surface area contributed by atoms with Gasteiger partial charge < -0.3 is 83.2 Å². The van der Waals surface area contributed by atoms with E-state index in [2.05, 4.69) is 19.9 Å². The van der Waals surface area contributed by atoms with Crippen LogP contribution in [0.1, 0.15) is 42.0 Å². The quantitative estimate of drug-likeness (QED) is 0.0984. The first-order valence-corrected chi connectivity index (χ1v) is 16.2. The van der Waals surface area contributed by atoms with Crippen molar-refractivity contribution < 1.29 is 109 Å². The average molecular weight is 937 g/mol. The fraction of sp³-hybridized carbons (Fsp3) is 0. The molecule has 4 aromatic carbocycles. The predicted molar refractivity (Wildman–Crippen MR) is 208 cm³/mol. The largest absolute Gasteiger partial charge is 2.00 e. The van der Waals surface area contributed by atoms with Crippen LogP contribution in [-0.4, -0.2) is 66.0 Å². The number of nitrogens with zero attached hydrogens (tertiary/aromatic N) is 2. The van der Waals surface area contributed by atoms with Gasteiger partial charge in [-0.05, 0) is 24.3 Å². The van der Waals surface area contributed by atoms with Crippen molar-refractivity contribution in [3.05, 3.63) is 144 Å². The summed E-state index contributed by atoms with van der Waals surface area (Å²) in [6, 6.07) is 35.5. The van der Waals surface area contributed by atoms with Crippen LogP contribution in [0, 0.1) is 0 Å². The first-order chi connectivity index (χ1) is 26.7. The van der Waals surface area contributed by atoms with Crippen LogP contribution in [-0.2, 0) is 27.3 Å². The Morgan fingerprint density at radius 3 is 0.820 bits per heavy atom. The van der Waals surface area contributed by atoms with Crippen LogP contribution in [0.5, 0.6) is 11.5 Å². The Balaban J connectivity index is 0.000000768. The van der Waals surface area contributed by atoms with E-state index in [4.69, 9.17) is 21.7 Å². The number of aromatic nitrogens is 4. The molecule has 0 aliphatic carbocycles. The number of pyridine rings is 4. The Kier molecular flexibility index (Phi) is 20.7. The maximum Gasteiger partial charge on any atom is 2.00 e. The number of aromatic hydroxyl groups is 2. The molecule has 0 spiro atoms. The van der Waals surface area contributed by atoms with E-state index in [1.807, 2.05) is 97.1 Å². The number of anilines is 2. The molecule has 0 unspecified atom stereocenters. The van der Waals surface area contributed by atoms with Crippen molar-refractivity contribution in [2.45, 2.75) is 0 Å². The van der Waals surface area contributed by atoms with Gasteiger partial charge in [0.25, 0.3) is 0 Å². The second-order valence-electron chi connectivity index (χ2n) is 11.6. The summed E-state index contributed by atoms with van der Waals surface area (Å²) in [5.74, 6) is -7.71. The molecule has 61 heavy (non-hydrogen) atoms. The van der Waals surface area contributed by atoms with Crippen molar-refractivity contribution in [2.24, 2.45) is 0 Å². The van der Waals surface area contributed by atoms with Gasteiger partial charge in [-0.2, -0.15) is 0 Å². The van der Waals surface area contributed by atoms with Crippen molar-refractivity contribution in [1.82, 2.24) is 9.97 Å². The molecule has 4 heterocycles. The van der Waals surface area contributed by atoms with Gasteiger partial charge in [0.2, 0.25) is 22.1 Å². The molecule has 0 radical (unpaired) electrons. The third kappa shape index (κ3) is 13.2. The number of benzene rings is 4. The minimum Gasteiger partial charge on any atom is -0.543 e. The molecular formula is C40H36CdN6O14. The number of nitrogen functional groups attached to an aromatic ring is 2. The summed E-state index contributed by atoms with van der Waals surface area (Å²) in [6.45, 7) is 0. The first-order valence-electron chi connectivity index (χ1n) is 16.2. The van der Waals surface area contributed by atoms with E-state index in [1.165, 1.54) is 0 Å². The van der Waals surface area contributed by atoms with Crippen LogP contribution in [0.25, 0.3) is 43.6 Å². The number of hydrogen-bond donors (Lipinski definition) is 4. The summed E-state index contributed by atoms with van der Waals surface area (Å²) in [5, 5.41) is 63.0. The standard InChI is InChI=1S/2C13H10N2.2C7H5NO5.Cd.4H2O/c2*14-13-9-5-1-3-7-11(9)15-12-8-4-2-6-10(12)13;2*9-3-1-4(6(10)11)8-5(2-3)7(12)13;;;;;/h2*1-8H,(H2,14,15);2*1-2H,(H,8,9)(H,10,11)(H,12,13);;4*1H2/q;;;;+2;;;;/p-2. The van der Waals surface area contributed by atoms with Crippen LogP contribution in [0.3, 0.4) is 0 Å². The average Bonchev–Trinajstić information content (AvgIpc) is 3.18. The number of aromatic amines is 2. The number of hydrogen-bond acceptors (Lipinski definition) is 14. The van der Waals surface area contributed by atoms with Crippen molar-refractivity contribution in [3.8, 4) is 11.5 Å². The number of carboxylic acid groups (broad SMARTS) is 4. The molecule has 0 saturated heterocycles. The van der Waals surface area contributed by atoms with Crippen molar-refractivity contribution in [2.75, 3.05) is 11.5 Å². The molecule has 8 rings (SSSR count). The summed E-state index contributed by atoms with van der Waals surface area (Å²) < 4.78 is 0. The minimum atomic E-state index is -1.67. The van der Waals surface area contributed by atoms with Crippen LogP contribution in [0.4, 0.5) is 11.4 Å². The van der Waals surface area contributed by atoms with E-state index in [1.54, 1.807) is 0 Å². The Bertz CT molecular complexity index is 2450. The van der Waals surface area contributed by atoms with E-state index in [0.717, 1.165) is 79.3 Å². The number of H-pyrrole nitrogens is 2. The van der Waals surface area contributed by atoms with Gasteiger partial charge >= 0.3 is 27.3 Å². The fourth-order valence-electron chi connectivity index (χ4n) is 5.34. The SMILES string of the molecule is Nc1c2ccccc2[nH+]c2ccccc12.Nc1c2ccccc2[nH+]c2ccccc12.O.O.O.O.O=C([O-])c1cc(O)cc(C(=O)[O-])n1.O=C([O-])c1cc(O)cc(C(=O)[O-])n1.[Cd+2]. The zero-order valence-electron chi connectivity index (χ0n) is 31.5. The molecule has 0 fully saturated rings. The second-order valence-corrected chi connectivity index (χ2v) is 11.6. The number of aromatic carboxylic acids is 4. The molecule has 20 nitrogen and oxygen atoms in total. The number of rotatable bonds is 4. The maximum absolute atomic E-state index is 10.2.